The number of halogens is 1. The van der Waals surface area contributed by atoms with Crippen molar-refractivity contribution in [3.8, 4) is 0 Å². The number of hydrogen-bond donors (Lipinski definition) is 3. The summed E-state index contributed by atoms with van der Waals surface area (Å²) in [5.74, 6) is -1.17. The molecule has 0 aromatic rings. The third-order valence-corrected chi connectivity index (χ3v) is 9.31. The summed E-state index contributed by atoms with van der Waals surface area (Å²) in [5.41, 5.74) is -5.23. The second-order valence-corrected chi connectivity index (χ2v) is 10.0. The lowest BCUT2D eigenvalue weighted by Crippen LogP contribution is -2.71. The average Bonchev–Trinajstić information content (AvgIpc) is 2.88. The average molecular weight is 382 g/mol. The molecule has 0 saturated heterocycles. The fraction of sp³-hybridized carbons (Fsp3) is 0.905. The van der Waals surface area contributed by atoms with Crippen LogP contribution in [0.1, 0.15) is 65.2 Å². The van der Waals surface area contributed by atoms with Gasteiger partial charge in [-0.1, -0.05) is 13.8 Å². The molecule has 27 heavy (non-hydrogen) atoms. The molecule has 0 aromatic carbocycles. The zero-order chi connectivity index (χ0) is 19.8. The van der Waals surface area contributed by atoms with Gasteiger partial charge in [0.1, 0.15) is 23.7 Å². The Labute approximate surface area is 159 Å². The highest BCUT2D eigenvalue weighted by Crippen LogP contribution is 2.70. The van der Waals surface area contributed by atoms with Crippen LogP contribution in [0, 0.1) is 28.6 Å². The van der Waals surface area contributed by atoms with Crippen molar-refractivity contribution in [1.29, 1.82) is 0 Å². The highest BCUT2D eigenvalue weighted by atomic mass is 19.1. The van der Waals surface area contributed by atoms with Crippen LogP contribution in [0.3, 0.4) is 0 Å². The van der Waals surface area contributed by atoms with Crippen LogP contribution >= 0.6 is 0 Å². The van der Waals surface area contributed by atoms with Crippen LogP contribution in [0.4, 0.5) is 4.39 Å². The third-order valence-electron chi connectivity index (χ3n) is 9.31. The van der Waals surface area contributed by atoms with Gasteiger partial charge in [-0.2, -0.15) is 0 Å². The van der Waals surface area contributed by atoms with Crippen molar-refractivity contribution in [3.63, 3.8) is 0 Å². The van der Waals surface area contributed by atoms with Gasteiger partial charge in [0.25, 0.3) is 0 Å². The second kappa shape index (κ2) is 5.83. The van der Waals surface area contributed by atoms with Gasteiger partial charge in [0, 0.05) is 23.7 Å². The minimum Gasteiger partial charge on any atom is -0.390 e. The molecule has 4 aliphatic rings. The van der Waals surface area contributed by atoms with E-state index in [0.29, 0.717) is 32.1 Å². The van der Waals surface area contributed by atoms with Crippen molar-refractivity contribution in [3.05, 3.63) is 0 Å². The number of aliphatic hydroxyl groups excluding tert-OH is 2. The number of alkyl halides is 1. The fourth-order valence-corrected chi connectivity index (χ4v) is 7.65. The molecule has 5 nitrogen and oxygen atoms in total. The molecule has 0 unspecified atom stereocenters. The summed E-state index contributed by atoms with van der Waals surface area (Å²) in [6.07, 6.45) is 1.92. The molecule has 4 saturated carbocycles. The first-order valence-electron chi connectivity index (χ1n) is 10.3. The Kier molecular flexibility index (Phi) is 4.20. The molecule has 4 fully saturated rings. The predicted octanol–water partition coefficient (Wildman–Crippen LogP) is 1.95. The molecule has 8 atom stereocenters. The summed E-state index contributed by atoms with van der Waals surface area (Å²) in [4.78, 5) is 24.3. The minimum absolute atomic E-state index is 0.00314. The topological polar surface area (TPSA) is 94.8 Å². The van der Waals surface area contributed by atoms with Gasteiger partial charge in [0.2, 0.25) is 0 Å². The van der Waals surface area contributed by atoms with Crippen molar-refractivity contribution in [1.82, 2.24) is 0 Å². The van der Waals surface area contributed by atoms with Gasteiger partial charge >= 0.3 is 0 Å². The second-order valence-electron chi connectivity index (χ2n) is 10.0. The summed E-state index contributed by atoms with van der Waals surface area (Å²) >= 11 is 0. The number of carbonyl (C=O) groups is 2. The van der Waals surface area contributed by atoms with E-state index in [1.54, 1.807) is 6.92 Å². The first-order chi connectivity index (χ1) is 12.5. The van der Waals surface area contributed by atoms with Crippen LogP contribution in [0.5, 0.6) is 0 Å². The zero-order valence-corrected chi connectivity index (χ0v) is 16.2. The Morgan fingerprint density at radius 3 is 2.52 bits per heavy atom. The van der Waals surface area contributed by atoms with Crippen molar-refractivity contribution < 1.29 is 29.3 Å². The lowest BCUT2D eigenvalue weighted by molar-refractivity contribution is -0.254. The molecule has 0 spiro atoms. The summed E-state index contributed by atoms with van der Waals surface area (Å²) in [6.45, 7) is 2.92. The van der Waals surface area contributed by atoms with Crippen molar-refractivity contribution in [2.45, 2.75) is 82.6 Å². The lowest BCUT2D eigenvalue weighted by Gasteiger charge is -2.65. The summed E-state index contributed by atoms with van der Waals surface area (Å²) in [7, 11) is 0. The molecule has 0 aliphatic heterocycles. The molecule has 0 radical (unpaired) electrons. The highest BCUT2D eigenvalue weighted by molar-refractivity contribution is 5.89. The smallest absolute Gasteiger partial charge is 0.190 e. The van der Waals surface area contributed by atoms with Crippen LogP contribution in [-0.4, -0.2) is 50.9 Å². The summed E-state index contributed by atoms with van der Waals surface area (Å²) < 4.78 is 16.8. The number of Topliss-reactive ketones (excluding diaryl/α,β-unsaturated/α-hetero) is 2. The standard InChI is InChI=1S/C21H31FO5/c1-18-7-5-13(24)9-12(18)3-4-15-14-6-8-20(27,17(26)11-23)19(14,2)10-16(25)21(15,18)22/h12,14-16,23,25,27H,3-11H2,1-2H3/t12-,14-,15-,16-,18-,19-,20-,21-/m0/s1. The first-order valence-corrected chi connectivity index (χ1v) is 10.3. The van der Waals surface area contributed by atoms with Gasteiger partial charge in [0.05, 0.1) is 6.10 Å². The van der Waals surface area contributed by atoms with Gasteiger partial charge < -0.3 is 15.3 Å². The molecular formula is C21H31FO5. The molecule has 6 heteroatoms. The Morgan fingerprint density at radius 2 is 1.85 bits per heavy atom. The van der Waals surface area contributed by atoms with Gasteiger partial charge in [0.15, 0.2) is 5.78 Å². The quantitative estimate of drug-likeness (QED) is 0.679. The molecule has 0 aromatic heterocycles. The van der Waals surface area contributed by atoms with Gasteiger partial charge in [-0.15, -0.1) is 0 Å². The SMILES string of the molecule is C[C@]12CCC(=O)C[C@@H]1CC[C@H]1[C@@H]3CC[C@](O)(C(=O)CO)[C@@]3(C)C[C@H](O)[C@@]12F. The van der Waals surface area contributed by atoms with E-state index in [9.17, 15) is 24.9 Å². The van der Waals surface area contributed by atoms with E-state index >= 15 is 4.39 Å². The van der Waals surface area contributed by atoms with E-state index in [2.05, 4.69) is 0 Å². The Hall–Kier alpha value is -0.850. The van der Waals surface area contributed by atoms with E-state index in [4.69, 9.17) is 0 Å². The normalized spacial score (nSPS) is 54.8. The van der Waals surface area contributed by atoms with Crippen molar-refractivity contribution in [2.75, 3.05) is 6.61 Å². The maximum absolute atomic E-state index is 16.8. The number of rotatable bonds is 2. The Morgan fingerprint density at radius 1 is 1.15 bits per heavy atom. The van der Waals surface area contributed by atoms with Crippen molar-refractivity contribution in [2.24, 2.45) is 28.6 Å². The van der Waals surface area contributed by atoms with E-state index in [-0.39, 0.29) is 30.5 Å². The van der Waals surface area contributed by atoms with Crippen molar-refractivity contribution >= 4 is 11.6 Å². The van der Waals surface area contributed by atoms with E-state index in [1.807, 2.05) is 6.92 Å². The van der Waals surface area contributed by atoms with E-state index < -0.39 is 46.5 Å². The van der Waals surface area contributed by atoms with Gasteiger partial charge in [-0.05, 0) is 56.3 Å². The summed E-state index contributed by atoms with van der Waals surface area (Å²) in [6, 6.07) is 0. The molecule has 3 N–H and O–H groups in total. The Bertz CT molecular complexity index is 681. The highest BCUT2D eigenvalue weighted by Gasteiger charge is 2.74. The molecule has 0 amide bonds. The monoisotopic (exact) mass is 382 g/mol. The van der Waals surface area contributed by atoms with Crippen LogP contribution in [-0.2, 0) is 9.59 Å². The van der Waals surface area contributed by atoms with Crippen LogP contribution in [0.25, 0.3) is 0 Å². The number of carbonyl (C=O) groups excluding carboxylic acids is 2. The summed E-state index contributed by atoms with van der Waals surface area (Å²) in [5, 5.41) is 31.6. The zero-order valence-electron chi connectivity index (χ0n) is 16.2. The first kappa shape index (κ1) is 19.5. The number of fused-ring (bicyclic) bond motifs is 5. The van der Waals surface area contributed by atoms with Crippen LogP contribution < -0.4 is 0 Å². The maximum Gasteiger partial charge on any atom is 0.190 e. The number of ketones is 2. The van der Waals surface area contributed by atoms with Gasteiger partial charge in [-0.25, -0.2) is 4.39 Å². The Balaban J connectivity index is 1.76. The van der Waals surface area contributed by atoms with Crippen LogP contribution in [0.15, 0.2) is 0 Å². The lowest BCUT2D eigenvalue weighted by atomic mass is 9.42. The van der Waals surface area contributed by atoms with E-state index in [1.165, 1.54) is 0 Å². The third kappa shape index (κ3) is 2.15. The number of aliphatic hydroxyl groups is 3. The predicted molar refractivity (Wildman–Crippen MR) is 95.5 cm³/mol. The van der Waals surface area contributed by atoms with Crippen LogP contribution in [0.2, 0.25) is 0 Å². The maximum atomic E-state index is 16.8. The molecule has 4 rings (SSSR count). The molecular weight excluding hydrogens is 351 g/mol. The fourth-order valence-electron chi connectivity index (χ4n) is 7.65. The molecule has 0 bridgehead atoms. The molecule has 0 heterocycles. The largest absolute Gasteiger partial charge is 0.390 e. The van der Waals surface area contributed by atoms with Gasteiger partial charge in [-0.3, -0.25) is 9.59 Å². The molecule has 152 valence electrons. The van der Waals surface area contributed by atoms with E-state index in [0.717, 1.165) is 6.42 Å². The molecule has 4 aliphatic carbocycles. The number of hydrogen-bond acceptors (Lipinski definition) is 5. The minimum atomic E-state index is -1.81.